The Morgan fingerprint density at radius 2 is 2.39 bits per heavy atom. The van der Waals surface area contributed by atoms with Crippen LogP contribution in [-0.2, 0) is 18.6 Å². The highest BCUT2D eigenvalue weighted by Crippen LogP contribution is 2.39. The summed E-state index contributed by atoms with van der Waals surface area (Å²) < 4.78 is 5.44. The molecule has 0 amide bonds. The first-order valence-electron chi connectivity index (χ1n) is 6.23. The maximum absolute atomic E-state index is 5.88. The van der Waals surface area contributed by atoms with Crippen LogP contribution in [0.4, 0.5) is 5.82 Å². The third kappa shape index (κ3) is 2.06. The van der Waals surface area contributed by atoms with Gasteiger partial charge in [-0.1, -0.05) is 18.5 Å². The average Bonchev–Trinajstić information content (AvgIpc) is 2.94. The summed E-state index contributed by atoms with van der Waals surface area (Å²) in [5.74, 6) is 3.79. The third-order valence-electron chi connectivity index (χ3n) is 3.17. The molecular formula is C13H16N2OS2. The zero-order valence-electron chi connectivity index (χ0n) is 10.4. The molecule has 1 aliphatic rings. The number of rotatable bonds is 3. The van der Waals surface area contributed by atoms with Gasteiger partial charge in [-0.05, 0) is 30.2 Å². The van der Waals surface area contributed by atoms with Gasteiger partial charge in [0, 0.05) is 16.2 Å². The highest BCUT2D eigenvalue weighted by molar-refractivity contribution is 7.98. The predicted molar refractivity (Wildman–Crippen MR) is 78.1 cm³/mol. The van der Waals surface area contributed by atoms with Crippen LogP contribution in [0.25, 0.3) is 10.6 Å². The number of thiophene rings is 1. The van der Waals surface area contributed by atoms with Gasteiger partial charge in [0.15, 0.2) is 11.6 Å². The van der Waals surface area contributed by atoms with Crippen LogP contribution in [0.2, 0.25) is 0 Å². The Hall–Kier alpha value is -0.940. The lowest BCUT2D eigenvalue weighted by molar-refractivity contribution is 0.436. The Labute approximate surface area is 115 Å². The SMILES string of the molecule is CCCc1c(N)noc1-c1cc2c(s1)CCSC2. The number of aromatic nitrogens is 1. The largest absolute Gasteiger partial charge is 0.381 e. The number of aryl methyl sites for hydroxylation is 1. The third-order valence-corrected chi connectivity index (χ3v) is 5.41. The lowest BCUT2D eigenvalue weighted by Gasteiger charge is -2.08. The molecule has 3 heterocycles. The number of thioether (sulfide) groups is 1. The molecule has 18 heavy (non-hydrogen) atoms. The summed E-state index contributed by atoms with van der Waals surface area (Å²) in [5, 5.41) is 3.92. The number of fused-ring (bicyclic) bond motifs is 1. The Kier molecular flexibility index (Phi) is 3.35. The van der Waals surface area contributed by atoms with Crippen molar-refractivity contribution in [3.05, 3.63) is 22.1 Å². The molecule has 2 aromatic heterocycles. The van der Waals surface area contributed by atoms with E-state index in [0.29, 0.717) is 5.82 Å². The quantitative estimate of drug-likeness (QED) is 0.930. The summed E-state index contributed by atoms with van der Waals surface area (Å²) in [6, 6.07) is 2.26. The molecule has 0 bridgehead atoms. The van der Waals surface area contributed by atoms with E-state index in [-0.39, 0.29) is 0 Å². The normalized spacial score (nSPS) is 14.7. The summed E-state index contributed by atoms with van der Waals surface area (Å²) in [5.41, 5.74) is 8.42. The fraction of sp³-hybridized carbons (Fsp3) is 0.462. The molecule has 2 aromatic rings. The van der Waals surface area contributed by atoms with Crippen LogP contribution in [0.5, 0.6) is 0 Å². The minimum atomic E-state index is 0.549. The van der Waals surface area contributed by atoms with Gasteiger partial charge in [0.05, 0.1) is 4.88 Å². The van der Waals surface area contributed by atoms with Crippen molar-refractivity contribution in [3.8, 4) is 10.6 Å². The molecule has 0 radical (unpaired) electrons. The molecule has 96 valence electrons. The second-order valence-corrected chi connectivity index (χ2v) is 6.73. The van der Waals surface area contributed by atoms with Crippen LogP contribution in [0.3, 0.4) is 0 Å². The summed E-state index contributed by atoms with van der Waals surface area (Å²) in [6.45, 7) is 2.15. The smallest absolute Gasteiger partial charge is 0.182 e. The lowest BCUT2D eigenvalue weighted by Crippen LogP contribution is -1.96. The first kappa shape index (κ1) is 12.1. The van der Waals surface area contributed by atoms with Crippen molar-refractivity contribution in [2.24, 2.45) is 0 Å². The minimum Gasteiger partial charge on any atom is -0.381 e. The van der Waals surface area contributed by atoms with Crippen LogP contribution in [0.15, 0.2) is 10.6 Å². The zero-order valence-corrected chi connectivity index (χ0v) is 12.0. The molecule has 0 saturated heterocycles. The van der Waals surface area contributed by atoms with Gasteiger partial charge in [0.25, 0.3) is 0 Å². The van der Waals surface area contributed by atoms with E-state index in [2.05, 4.69) is 18.1 Å². The van der Waals surface area contributed by atoms with E-state index in [0.717, 1.165) is 29.9 Å². The van der Waals surface area contributed by atoms with E-state index in [1.54, 1.807) is 0 Å². The molecule has 0 aliphatic carbocycles. The maximum Gasteiger partial charge on any atom is 0.182 e. The second-order valence-electron chi connectivity index (χ2n) is 4.49. The molecule has 3 rings (SSSR count). The predicted octanol–water partition coefficient (Wildman–Crippen LogP) is 3.73. The van der Waals surface area contributed by atoms with E-state index in [4.69, 9.17) is 10.3 Å². The van der Waals surface area contributed by atoms with Crippen LogP contribution < -0.4 is 5.73 Å². The van der Waals surface area contributed by atoms with Crippen molar-refractivity contribution in [1.82, 2.24) is 5.16 Å². The molecule has 5 heteroatoms. The Morgan fingerprint density at radius 1 is 1.50 bits per heavy atom. The van der Waals surface area contributed by atoms with Crippen LogP contribution in [0.1, 0.15) is 29.3 Å². The number of nitrogen functional groups attached to an aromatic ring is 1. The van der Waals surface area contributed by atoms with Gasteiger partial charge in [0.2, 0.25) is 0 Å². The molecule has 1 aliphatic heterocycles. The molecule has 0 aromatic carbocycles. The van der Waals surface area contributed by atoms with Crippen LogP contribution in [-0.4, -0.2) is 10.9 Å². The Bertz CT molecular complexity index is 536. The fourth-order valence-corrected chi connectivity index (χ4v) is 4.64. The van der Waals surface area contributed by atoms with Crippen molar-refractivity contribution >= 4 is 28.9 Å². The Balaban J connectivity index is 2.01. The highest BCUT2D eigenvalue weighted by Gasteiger charge is 2.20. The van der Waals surface area contributed by atoms with Gasteiger partial charge in [-0.15, -0.1) is 11.3 Å². The number of hydrogen-bond donors (Lipinski definition) is 1. The summed E-state index contributed by atoms with van der Waals surface area (Å²) in [4.78, 5) is 2.69. The van der Waals surface area contributed by atoms with Crippen molar-refractivity contribution in [1.29, 1.82) is 0 Å². The molecule has 0 atom stereocenters. The number of nitrogens with zero attached hydrogens (tertiary/aromatic N) is 1. The second kappa shape index (κ2) is 4.97. The van der Waals surface area contributed by atoms with E-state index < -0.39 is 0 Å². The lowest BCUT2D eigenvalue weighted by atomic mass is 10.1. The molecule has 0 saturated carbocycles. The minimum absolute atomic E-state index is 0.549. The molecule has 0 unspecified atom stereocenters. The summed E-state index contributed by atoms with van der Waals surface area (Å²) in [6.07, 6.45) is 3.17. The van der Waals surface area contributed by atoms with Gasteiger partial charge < -0.3 is 10.3 Å². The number of nitrogens with two attached hydrogens (primary N) is 1. The standard InChI is InChI=1S/C13H16N2OS2/c1-2-3-9-12(16-15-13(9)14)11-6-8-7-17-5-4-10(8)18-11/h6H,2-5,7H2,1H3,(H2,14,15). The van der Waals surface area contributed by atoms with Crippen molar-refractivity contribution < 1.29 is 4.52 Å². The first-order chi connectivity index (χ1) is 8.79. The molecule has 2 N–H and O–H groups in total. The highest BCUT2D eigenvalue weighted by atomic mass is 32.2. The van der Waals surface area contributed by atoms with Gasteiger partial charge in [0.1, 0.15) is 0 Å². The molecular weight excluding hydrogens is 264 g/mol. The first-order valence-corrected chi connectivity index (χ1v) is 8.20. The summed E-state index contributed by atoms with van der Waals surface area (Å²) in [7, 11) is 0. The van der Waals surface area contributed by atoms with Crippen molar-refractivity contribution in [2.75, 3.05) is 11.5 Å². The average molecular weight is 280 g/mol. The molecule has 0 fully saturated rings. The van der Waals surface area contributed by atoms with Gasteiger partial charge in [-0.3, -0.25) is 0 Å². The zero-order chi connectivity index (χ0) is 12.5. The fourth-order valence-electron chi connectivity index (χ4n) is 2.27. The van der Waals surface area contributed by atoms with Gasteiger partial charge in [-0.2, -0.15) is 11.8 Å². The van der Waals surface area contributed by atoms with Crippen LogP contribution >= 0.6 is 23.1 Å². The van der Waals surface area contributed by atoms with Crippen molar-refractivity contribution in [3.63, 3.8) is 0 Å². The maximum atomic E-state index is 5.88. The van der Waals surface area contributed by atoms with Gasteiger partial charge >= 0.3 is 0 Å². The van der Waals surface area contributed by atoms with E-state index >= 15 is 0 Å². The Morgan fingerprint density at radius 3 is 3.17 bits per heavy atom. The topological polar surface area (TPSA) is 52.0 Å². The van der Waals surface area contributed by atoms with Crippen LogP contribution in [0, 0.1) is 0 Å². The molecule has 0 spiro atoms. The van der Waals surface area contributed by atoms with E-state index in [9.17, 15) is 0 Å². The summed E-state index contributed by atoms with van der Waals surface area (Å²) >= 11 is 3.84. The van der Waals surface area contributed by atoms with Crippen molar-refractivity contribution in [2.45, 2.75) is 31.9 Å². The van der Waals surface area contributed by atoms with E-state index in [1.807, 2.05) is 23.1 Å². The molecule has 3 nitrogen and oxygen atoms in total. The number of anilines is 1. The van der Waals surface area contributed by atoms with Gasteiger partial charge in [-0.25, -0.2) is 0 Å². The number of hydrogen-bond acceptors (Lipinski definition) is 5. The monoisotopic (exact) mass is 280 g/mol. The van der Waals surface area contributed by atoms with E-state index in [1.165, 1.54) is 27.5 Å².